The van der Waals surface area contributed by atoms with Crippen LogP contribution in [0.15, 0.2) is 34.8 Å². The Balaban J connectivity index is 1.62. The average Bonchev–Trinajstić information content (AvgIpc) is 3.10. The van der Waals surface area contributed by atoms with Crippen molar-refractivity contribution >= 4 is 33.3 Å². The zero-order valence-corrected chi connectivity index (χ0v) is 12.7. The molecule has 3 aromatic rings. The van der Waals surface area contributed by atoms with Gasteiger partial charge in [0, 0.05) is 11.9 Å². The van der Waals surface area contributed by atoms with Crippen LogP contribution < -0.4 is 0 Å². The van der Waals surface area contributed by atoms with Crippen LogP contribution in [0.4, 0.5) is 0 Å². The van der Waals surface area contributed by atoms with Gasteiger partial charge in [0.15, 0.2) is 4.34 Å². The Bertz CT molecular complexity index is 695. The van der Waals surface area contributed by atoms with Gasteiger partial charge in [-0.1, -0.05) is 29.1 Å². The van der Waals surface area contributed by atoms with Crippen LogP contribution in [0.2, 0.25) is 0 Å². The van der Waals surface area contributed by atoms with E-state index >= 15 is 0 Å². The smallest absolute Gasteiger partial charge is 0.151 e. The van der Waals surface area contributed by atoms with Crippen LogP contribution in [0.1, 0.15) is 5.69 Å². The van der Waals surface area contributed by atoms with Gasteiger partial charge in [0.2, 0.25) is 0 Å². The first kappa shape index (κ1) is 14.5. The first-order valence-electron chi connectivity index (χ1n) is 6.41. The summed E-state index contributed by atoms with van der Waals surface area (Å²) >= 11 is 3.28. The van der Waals surface area contributed by atoms with Gasteiger partial charge < -0.3 is 10.2 Å². The van der Waals surface area contributed by atoms with E-state index in [2.05, 4.69) is 21.4 Å². The molecule has 0 fully saturated rings. The molecule has 6 nitrogen and oxygen atoms in total. The lowest BCUT2D eigenvalue weighted by atomic mass is 10.3. The SMILES string of the molecule is OCC(O)Cn1cc(CSc2nc3ccccc3s2)nn1. The average molecular weight is 322 g/mol. The Hall–Kier alpha value is -1.48. The molecule has 0 aliphatic heterocycles. The fourth-order valence-corrected chi connectivity index (χ4v) is 3.76. The second-order valence-electron chi connectivity index (χ2n) is 4.50. The van der Waals surface area contributed by atoms with Crippen molar-refractivity contribution in [3.8, 4) is 0 Å². The molecule has 0 spiro atoms. The highest BCUT2D eigenvalue weighted by Crippen LogP contribution is 2.30. The maximum atomic E-state index is 9.36. The zero-order valence-electron chi connectivity index (χ0n) is 11.1. The van der Waals surface area contributed by atoms with Gasteiger partial charge in [-0.25, -0.2) is 9.67 Å². The van der Waals surface area contributed by atoms with E-state index in [4.69, 9.17) is 5.11 Å². The molecule has 0 aliphatic carbocycles. The molecule has 2 N–H and O–H groups in total. The summed E-state index contributed by atoms with van der Waals surface area (Å²) in [6.45, 7) is -0.0368. The summed E-state index contributed by atoms with van der Waals surface area (Å²) in [6.07, 6.45) is 0.968. The van der Waals surface area contributed by atoms with Gasteiger partial charge in [0.25, 0.3) is 0 Å². The molecule has 0 aliphatic rings. The molecule has 1 aromatic carbocycles. The third kappa shape index (κ3) is 3.59. The van der Waals surface area contributed by atoms with Crippen LogP contribution in [-0.4, -0.2) is 42.9 Å². The van der Waals surface area contributed by atoms with Crippen molar-refractivity contribution in [2.75, 3.05) is 6.61 Å². The number of aliphatic hydroxyl groups excluding tert-OH is 2. The molecule has 0 radical (unpaired) electrons. The van der Waals surface area contributed by atoms with E-state index in [1.807, 2.05) is 18.2 Å². The predicted molar refractivity (Wildman–Crippen MR) is 82.3 cm³/mol. The number of rotatable bonds is 6. The minimum absolute atomic E-state index is 0.245. The second kappa shape index (κ2) is 6.52. The van der Waals surface area contributed by atoms with Crippen LogP contribution in [-0.2, 0) is 12.3 Å². The largest absolute Gasteiger partial charge is 0.394 e. The van der Waals surface area contributed by atoms with E-state index < -0.39 is 6.10 Å². The Morgan fingerprint density at radius 2 is 2.19 bits per heavy atom. The summed E-state index contributed by atoms with van der Waals surface area (Å²) in [4.78, 5) is 4.55. The molecule has 0 bridgehead atoms. The van der Waals surface area contributed by atoms with Crippen molar-refractivity contribution in [2.45, 2.75) is 22.7 Å². The topological polar surface area (TPSA) is 84.1 Å². The molecule has 1 atom stereocenters. The number of fused-ring (bicyclic) bond motifs is 1. The Morgan fingerprint density at radius 1 is 1.33 bits per heavy atom. The van der Waals surface area contributed by atoms with Gasteiger partial charge in [-0.3, -0.25) is 0 Å². The molecule has 0 saturated carbocycles. The zero-order chi connectivity index (χ0) is 14.7. The summed E-state index contributed by atoms with van der Waals surface area (Å²) in [5.41, 5.74) is 1.84. The highest BCUT2D eigenvalue weighted by atomic mass is 32.2. The molecule has 1 unspecified atom stereocenters. The molecule has 0 amide bonds. The third-order valence-electron chi connectivity index (χ3n) is 2.81. The summed E-state index contributed by atoms with van der Waals surface area (Å²) in [7, 11) is 0. The lowest BCUT2D eigenvalue weighted by Gasteiger charge is -2.04. The molecule has 2 aromatic heterocycles. The highest BCUT2D eigenvalue weighted by molar-refractivity contribution is 8.00. The summed E-state index contributed by atoms with van der Waals surface area (Å²) in [6, 6.07) is 8.05. The van der Waals surface area contributed by atoms with Crippen molar-refractivity contribution in [3.63, 3.8) is 0 Å². The number of benzene rings is 1. The third-order valence-corrected chi connectivity index (χ3v) is 5.03. The lowest BCUT2D eigenvalue weighted by molar-refractivity contribution is 0.0778. The van der Waals surface area contributed by atoms with Crippen molar-refractivity contribution in [1.29, 1.82) is 0 Å². The maximum absolute atomic E-state index is 9.36. The van der Waals surface area contributed by atoms with E-state index in [0.717, 1.165) is 15.6 Å². The normalized spacial score (nSPS) is 12.9. The summed E-state index contributed by atoms with van der Waals surface area (Å²) in [5.74, 6) is 0.676. The van der Waals surface area contributed by atoms with Gasteiger partial charge in [-0.05, 0) is 12.1 Å². The van der Waals surface area contributed by atoms with Gasteiger partial charge in [0.1, 0.15) is 0 Å². The number of aromatic nitrogens is 4. The molecular weight excluding hydrogens is 308 g/mol. The fraction of sp³-hybridized carbons (Fsp3) is 0.308. The first-order valence-corrected chi connectivity index (χ1v) is 8.21. The van der Waals surface area contributed by atoms with Crippen molar-refractivity contribution < 1.29 is 10.2 Å². The van der Waals surface area contributed by atoms with E-state index in [0.29, 0.717) is 5.75 Å². The second-order valence-corrected chi connectivity index (χ2v) is 6.76. The first-order chi connectivity index (χ1) is 10.2. The van der Waals surface area contributed by atoms with Gasteiger partial charge in [0.05, 0.1) is 35.2 Å². The minimum atomic E-state index is -0.809. The Morgan fingerprint density at radius 3 is 3.00 bits per heavy atom. The maximum Gasteiger partial charge on any atom is 0.151 e. The number of thiazole rings is 1. The van der Waals surface area contributed by atoms with Crippen LogP contribution >= 0.6 is 23.1 Å². The molecule has 3 rings (SSSR count). The van der Waals surface area contributed by atoms with Crippen molar-refractivity contribution in [2.24, 2.45) is 0 Å². The summed E-state index contributed by atoms with van der Waals surface area (Å²) in [5, 5.41) is 26.1. The monoisotopic (exact) mass is 322 g/mol. The molecule has 110 valence electrons. The number of thioether (sulfide) groups is 1. The van der Waals surface area contributed by atoms with Crippen LogP contribution in [0.3, 0.4) is 0 Å². The van der Waals surface area contributed by atoms with E-state index in [1.165, 1.54) is 9.38 Å². The van der Waals surface area contributed by atoms with Gasteiger partial charge >= 0.3 is 0 Å². The lowest BCUT2D eigenvalue weighted by Crippen LogP contribution is -2.20. The highest BCUT2D eigenvalue weighted by Gasteiger charge is 2.08. The number of aliphatic hydroxyl groups is 2. The van der Waals surface area contributed by atoms with Gasteiger partial charge in [-0.2, -0.15) is 0 Å². The Labute approximate surface area is 129 Å². The van der Waals surface area contributed by atoms with E-state index in [9.17, 15) is 5.11 Å². The molecule has 2 heterocycles. The van der Waals surface area contributed by atoms with Crippen molar-refractivity contribution in [3.05, 3.63) is 36.2 Å². The quantitative estimate of drug-likeness (QED) is 0.670. The van der Waals surface area contributed by atoms with Crippen LogP contribution in [0.5, 0.6) is 0 Å². The van der Waals surface area contributed by atoms with E-state index in [1.54, 1.807) is 29.3 Å². The van der Waals surface area contributed by atoms with Crippen molar-refractivity contribution in [1.82, 2.24) is 20.0 Å². The predicted octanol–water partition coefficient (Wildman–Crippen LogP) is 1.53. The van der Waals surface area contributed by atoms with E-state index in [-0.39, 0.29) is 13.2 Å². The van der Waals surface area contributed by atoms with Crippen LogP contribution in [0, 0.1) is 0 Å². The minimum Gasteiger partial charge on any atom is -0.394 e. The Kier molecular flexibility index (Phi) is 4.49. The number of para-hydroxylation sites is 1. The fourth-order valence-electron chi connectivity index (χ4n) is 1.82. The molecule has 0 saturated heterocycles. The number of hydrogen-bond acceptors (Lipinski definition) is 7. The number of hydrogen-bond donors (Lipinski definition) is 2. The molecule has 21 heavy (non-hydrogen) atoms. The van der Waals surface area contributed by atoms with Crippen LogP contribution in [0.25, 0.3) is 10.2 Å². The molecule has 8 heteroatoms. The van der Waals surface area contributed by atoms with Gasteiger partial charge in [-0.15, -0.1) is 16.4 Å². The standard InChI is InChI=1S/C13H14N4O2S2/c18-7-10(19)6-17-5-9(15-16-17)8-20-13-14-11-3-1-2-4-12(11)21-13/h1-5,10,18-19H,6-8H2. The molecular formula is C13H14N4O2S2. The number of nitrogens with zero attached hydrogens (tertiary/aromatic N) is 4. The summed E-state index contributed by atoms with van der Waals surface area (Å²) < 4.78 is 3.71.